The van der Waals surface area contributed by atoms with Gasteiger partial charge in [0.25, 0.3) is 0 Å². The van der Waals surface area contributed by atoms with Crippen LogP contribution in [0, 0.1) is 17.3 Å². The highest BCUT2D eigenvalue weighted by Crippen LogP contribution is 2.70. The molecule has 1 aromatic heterocycles. The van der Waals surface area contributed by atoms with Gasteiger partial charge in [-0.15, -0.1) is 0 Å². The standard InChI is InChI=1S/C33H34F5NO2/c1-30-18-27(22-8-6-20(7-9-22)4-5-21-3-2-16-39-19-21)29-25-13-11-24(40)17-23(25)10-12-26(29)28(30)14-15-31(30,41)32(34,35)33(36,37)38/h2-3,6-9,16-17,19,26-28,41H,4-5,10-15,18H2,1H3/t26?,27-,28?,30+,31+/m1/s1. The Labute approximate surface area is 236 Å². The van der Waals surface area contributed by atoms with E-state index in [-0.39, 0.29) is 24.5 Å². The van der Waals surface area contributed by atoms with Crippen LogP contribution in [0.25, 0.3) is 0 Å². The molecule has 218 valence electrons. The molecule has 41 heavy (non-hydrogen) atoms. The number of benzene rings is 1. The molecular formula is C33H34F5NO2. The summed E-state index contributed by atoms with van der Waals surface area (Å²) in [5, 5.41) is 11.4. The summed E-state index contributed by atoms with van der Waals surface area (Å²) >= 11 is 0. The average molecular weight is 572 g/mol. The molecule has 6 rings (SSSR count). The Bertz CT molecular complexity index is 1400. The van der Waals surface area contributed by atoms with Crippen molar-refractivity contribution in [2.75, 3.05) is 0 Å². The summed E-state index contributed by atoms with van der Waals surface area (Å²) in [5.74, 6) is -6.31. The minimum absolute atomic E-state index is 0.00850. The lowest BCUT2D eigenvalue weighted by atomic mass is 9.50. The van der Waals surface area contributed by atoms with Crippen molar-refractivity contribution in [3.8, 4) is 0 Å². The van der Waals surface area contributed by atoms with Crippen molar-refractivity contribution in [2.45, 2.75) is 88.3 Å². The Hall–Kier alpha value is -2.87. The number of ketones is 1. The van der Waals surface area contributed by atoms with Crippen molar-refractivity contribution >= 4 is 5.78 Å². The van der Waals surface area contributed by atoms with E-state index in [0.29, 0.717) is 25.7 Å². The fourth-order valence-electron chi connectivity index (χ4n) is 8.47. The number of aromatic nitrogens is 1. The molecule has 4 aliphatic rings. The summed E-state index contributed by atoms with van der Waals surface area (Å²) in [5.41, 5.74) is 1.34. The molecule has 2 aromatic rings. The summed E-state index contributed by atoms with van der Waals surface area (Å²) in [6.45, 7) is 1.46. The minimum Gasteiger partial charge on any atom is -0.383 e. The molecule has 0 aliphatic heterocycles. The number of allylic oxidation sites excluding steroid dienone is 4. The Balaban J connectivity index is 1.41. The van der Waals surface area contributed by atoms with Crippen LogP contribution in [0.4, 0.5) is 22.0 Å². The van der Waals surface area contributed by atoms with Crippen LogP contribution in [0.15, 0.2) is 71.6 Å². The van der Waals surface area contributed by atoms with Crippen LogP contribution in [0.1, 0.15) is 74.5 Å². The molecule has 0 bridgehead atoms. The maximum atomic E-state index is 15.1. The van der Waals surface area contributed by atoms with Crippen molar-refractivity contribution in [1.29, 1.82) is 0 Å². The van der Waals surface area contributed by atoms with Crippen LogP contribution in [0.2, 0.25) is 0 Å². The van der Waals surface area contributed by atoms with E-state index in [9.17, 15) is 23.1 Å². The summed E-state index contributed by atoms with van der Waals surface area (Å²) in [7, 11) is 0. The summed E-state index contributed by atoms with van der Waals surface area (Å²) in [4.78, 5) is 16.4. The monoisotopic (exact) mass is 571 g/mol. The maximum absolute atomic E-state index is 15.1. The fraction of sp³-hybridized carbons (Fsp3) is 0.515. The first-order valence-electron chi connectivity index (χ1n) is 14.5. The molecule has 5 atom stereocenters. The normalized spacial score (nSPS) is 31.8. The molecule has 8 heteroatoms. The zero-order chi connectivity index (χ0) is 29.2. The molecule has 0 radical (unpaired) electrons. The topological polar surface area (TPSA) is 50.2 Å². The molecule has 2 saturated carbocycles. The van der Waals surface area contributed by atoms with E-state index in [1.807, 2.05) is 42.6 Å². The predicted octanol–water partition coefficient (Wildman–Crippen LogP) is 7.70. The van der Waals surface area contributed by atoms with Crippen molar-refractivity contribution in [1.82, 2.24) is 4.98 Å². The molecule has 0 amide bonds. The number of rotatable bonds is 5. The van der Waals surface area contributed by atoms with Crippen LogP contribution in [-0.4, -0.2) is 33.6 Å². The number of pyridine rings is 1. The van der Waals surface area contributed by atoms with Crippen molar-refractivity contribution in [2.24, 2.45) is 17.3 Å². The Morgan fingerprint density at radius 1 is 0.976 bits per heavy atom. The van der Waals surface area contributed by atoms with Gasteiger partial charge in [0, 0.05) is 30.1 Å². The lowest BCUT2D eigenvalue weighted by Gasteiger charge is -2.56. The van der Waals surface area contributed by atoms with Gasteiger partial charge in [0.15, 0.2) is 5.78 Å². The number of halogens is 5. The fourth-order valence-corrected chi connectivity index (χ4v) is 8.47. The summed E-state index contributed by atoms with van der Waals surface area (Å²) in [6, 6.07) is 11.8. The zero-order valence-electron chi connectivity index (χ0n) is 23.0. The van der Waals surface area contributed by atoms with Gasteiger partial charge in [0.2, 0.25) is 0 Å². The van der Waals surface area contributed by atoms with Crippen LogP contribution in [0.5, 0.6) is 0 Å². The SMILES string of the molecule is C[C@]12C[C@H](c3ccc(CCc4cccnc4)cc3)C3=C4CCC(=O)C=C4CCC3C1CC[C@@]2(O)C(F)(F)C(F)(F)F. The third kappa shape index (κ3) is 4.39. The van der Waals surface area contributed by atoms with E-state index in [1.54, 1.807) is 12.3 Å². The van der Waals surface area contributed by atoms with Crippen LogP contribution < -0.4 is 0 Å². The number of hydrogen-bond donors (Lipinski definition) is 1. The van der Waals surface area contributed by atoms with Gasteiger partial charge in [-0.25, -0.2) is 0 Å². The number of nitrogens with zero attached hydrogens (tertiary/aromatic N) is 1. The van der Waals surface area contributed by atoms with E-state index in [0.717, 1.165) is 46.3 Å². The maximum Gasteiger partial charge on any atom is 0.456 e. The molecule has 1 heterocycles. The van der Waals surface area contributed by atoms with Gasteiger partial charge < -0.3 is 5.11 Å². The number of aliphatic hydroxyl groups is 1. The molecule has 1 N–H and O–H groups in total. The third-order valence-corrected chi connectivity index (χ3v) is 10.6. The van der Waals surface area contributed by atoms with Gasteiger partial charge in [-0.3, -0.25) is 9.78 Å². The second-order valence-corrected chi connectivity index (χ2v) is 12.6. The number of alkyl halides is 5. The highest BCUT2D eigenvalue weighted by atomic mass is 19.4. The van der Waals surface area contributed by atoms with Gasteiger partial charge in [-0.1, -0.05) is 42.8 Å². The Kier molecular flexibility index (Phi) is 6.79. The smallest absolute Gasteiger partial charge is 0.383 e. The first kappa shape index (κ1) is 28.3. The molecule has 4 aliphatic carbocycles. The highest BCUT2D eigenvalue weighted by Gasteiger charge is 2.79. The highest BCUT2D eigenvalue weighted by molar-refractivity contribution is 5.93. The first-order chi connectivity index (χ1) is 19.4. The predicted molar refractivity (Wildman–Crippen MR) is 144 cm³/mol. The molecule has 0 spiro atoms. The summed E-state index contributed by atoms with van der Waals surface area (Å²) < 4.78 is 71.5. The average Bonchev–Trinajstić information content (AvgIpc) is 3.23. The van der Waals surface area contributed by atoms with E-state index in [2.05, 4.69) is 4.98 Å². The van der Waals surface area contributed by atoms with Gasteiger partial charge in [0.05, 0.1) is 0 Å². The third-order valence-electron chi connectivity index (χ3n) is 10.6. The van der Waals surface area contributed by atoms with Gasteiger partial charge in [0.1, 0.15) is 5.60 Å². The van der Waals surface area contributed by atoms with E-state index in [4.69, 9.17) is 0 Å². The molecule has 3 nitrogen and oxygen atoms in total. The van der Waals surface area contributed by atoms with Crippen LogP contribution in [0.3, 0.4) is 0 Å². The largest absolute Gasteiger partial charge is 0.456 e. The second kappa shape index (κ2) is 9.85. The number of fused-ring (bicyclic) bond motifs is 4. The van der Waals surface area contributed by atoms with Crippen LogP contribution in [-0.2, 0) is 17.6 Å². The van der Waals surface area contributed by atoms with Crippen LogP contribution >= 0.6 is 0 Å². The summed E-state index contributed by atoms with van der Waals surface area (Å²) in [6.07, 6.45) is 2.56. The molecular weight excluding hydrogens is 537 g/mol. The molecule has 0 saturated heterocycles. The lowest BCUT2D eigenvalue weighted by Crippen LogP contribution is -2.65. The van der Waals surface area contributed by atoms with Gasteiger partial charge in [-0.05, 0) is 103 Å². The quantitative estimate of drug-likeness (QED) is 0.374. The Morgan fingerprint density at radius 3 is 2.39 bits per heavy atom. The van der Waals surface area contributed by atoms with Gasteiger partial charge in [-0.2, -0.15) is 22.0 Å². The minimum atomic E-state index is -5.85. The second-order valence-electron chi connectivity index (χ2n) is 12.6. The Morgan fingerprint density at radius 2 is 1.71 bits per heavy atom. The van der Waals surface area contributed by atoms with E-state index < -0.39 is 41.4 Å². The number of carbonyl (C=O) groups excluding carboxylic acids is 1. The zero-order valence-corrected chi connectivity index (χ0v) is 23.0. The van der Waals surface area contributed by atoms with Crippen molar-refractivity contribution < 1.29 is 31.9 Å². The molecule has 1 aromatic carbocycles. The first-order valence-corrected chi connectivity index (χ1v) is 14.5. The number of aryl methyl sites for hydroxylation is 2. The van der Waals surface area contributed by atoms with E-state index >= 15 is 8.78 Å². The van der Waals surface area contributed by atoms with Crippen molar-refractivity contribution in [3.05, 3.63) is 88.3 Å². The van der Waals surface area contributed by atoms with Gasteiger partial charge >= 0.3 is 12.1 Å². The van der Waals surface area contributed by atoms with E-state index in [1.165, 1.54) is 6.92 Å². The molecule has 2 fully saturated rings. The lowest BCUT2D eigenvalue weighted by molar-refractivity contribution is -0.362. The molecule has 2 unspecified atom stereocenters. The van der Waals surface area contributed by atoms with Crippen molar-refractivity contribution in [3.63, 3.8) is 0 Å². The number of hydrogen-bond acceptors (Lipinski definition) is 3. The number of carbonyl (C=O) groups is 1.